The minimum absolute atomic E-state index is 1.04. The van der Waals surface area contributed by atoms with E-state index in [2.05, 4.69) is 79.4 Å². The third-order valence-electron chi connectivity index (χ3n) is 3.44. The number of thiol groups is 1. The fourth-order valence-electron chi connectivity index (χ4n) is 2.51. The highest BCUT2D eigenvalue weighted by Gasteiger charge is 2.10. The molecule has 0 fully saturated rings. The Hall–Kier alpha value is -1.73. The van der Waals surface area contributed by atoms with Gasteiger partial charge in [-0.2, -0.15) is 0 Å². The summed E-state index contributed by atoms with van der Waals surface area (Å²) in [6.07, 6.45) is 8.77. The molecule has 0 unspecified atom stereocenters. The Bertz CT molecular complexity index is 636. The molecule has 0 amide bonds. The first kappa shape index (κ1) is 12.3. The van der Waals surface area contributed by atoms with Crippen LogP contribution in [-0.2, 0) is 6.42 Å². The molecule has 0 heterocycles. The average molecular weight is 264 g/mol. The van der Waals surface area contributed by atoms with Gasteiger partial charge < -0.3 is 0 Å². The van der Waals surface area contributed by atoms with E-state index < -0.39 is 0 Å². The van der Waals surface area contributed by atoms with E-state index in [4.69, 9.17) is 0 Å². The summed E-state index contributed by atoms with van der Waals surface area (Å²) < 4.78 is 0. The molecule has 0 nitrogen and oxygen atoms in total. The van der Waals surface area contributed by atoms with Crippen LogP contribution in [0.15, 0.2) is 71.7 Å². The van der Waals surface area contributed by atoms with Crippen LogP contribution in [0.2, 0.25) is 0 Å². The lowest BCUT2D eigenvalue weighted by molar-refractivity contribution is 0.986. The van der Waals surface area contributed by atoms with Gasteiger partial charge in [-0.05, 0) is 47.2 Å². The summed E-state index contributed by atoms with van der Waals surface area (Å²) in [7, 11) is 0. The van der Waals surface area contributed by atoms with Gasteiger partial charge in [0.25, 0.3) is 0 Å². The summed E-state index contributed by atoms with van der Waals surface area (Å²) in [5.74, 6) is 0. The van der Waals surface area contributed by atoms with E-state index in [1.807, 2.05) is 0 Å². The quantitative estimate of drug-likeness (QED) is 0.695. The maximum Gasteiger partial charge on any atom is 0.00431 e. The van der Waals surface area contributed by atoms with Gasteiger partial charge in [0.2, 0.25) is 0 Å². The van der Waals surface area contributed by atoms with Gasteiger partial charge in [-0.3, -0.25) is 0 Å². The first-order valence-corrected chi connectivity index (χ1v) is 7.04. The first-order valence-electron chi connectivity index (χ1n) is 6.59. The lowest BCUT2D eigenvalue weighted by atomic mass is 9.90. The van der Waals surface area contributed by atoms with Gasteiger partial charge in [0.05, 0.1) is 0 Å². The number of hydrogen-bond acceptors (Lipinski definition) is 1. The summed E-state index contributed by atoms with van der Waals surface area (Å²) in [6, 6.07) is 17.0. The summed E-state index contributed by atoms with van der Waals surface area (Å²) in [5, 5.41) is 0. The monoisotopic (exact) mass is 264 g/mol. The molecule has 1 heteroatoms. The summed E-state index contributed by atoms with van der Waals surface area (Å²) in [6.45, 7) is 0. The van der Waals surface area contributed by atoms with Gasteiger partial charge in [0, 0.05) is 4.90 Å². The van der Waals surface area contributed by atoms with E-state index in [1.165, 1.54) is 22.3 Å². The third-order valence-corrected chi connectivity index (χ3v) is 3.72. The molecule has 3 rings (SSSR count). The van der Waals surface area contributed by atoms with Crippen molar-refractivity contribution < 1.29 is 0 Å². The van der Waals surface area contributed by atoms with Crippen LogP contribution < -0.4 is 0 Å². The summed E-state index contributed by atoms with van der Waals surface area (Å²) in [4.78, 5) is 1.04. The van der Waals surface area contributed by atoms with Crippen molar-refractivity contribution in [3.05, 3.63) is 83.4 Å². The average Bonchev–Trinajstić information content (AvgIpc) is 2.42. The maximum absolute atomic E-state index is 4.46. The lowest BCUT2D eigenvalue weighted by Gasteiger charge is -2.15. The predicted molar refractivity (Wildman–Crippen MR) is 84.7 cm³/mol. The fraction of sp³-hybridized carbons (Fsp3) is 0.111. The Morgan fingerprint density at radius 2 is 1.79 bits per heavy atom. The number of benzene rings is 2. The van der Waals surface area contributed by atoms with Crippen LogP contribution >= 0.6 is 12.6 Å². The highest BCUT2D eigenvalue weighted by Crippen LogP contribution is 2.30. The number of fused-ring (bicyclic) bond motifs is 1. The van der Waals surface area contributed by atoms with Crippen molar-refractivity contribution in [2.45, 2.75) is 17.7 Å². The minimum Gasteiger partial charge on any atom is -0.143 e. The normalized spacial score (nSPS) is 18.7. The molecule has 1 aliphatic rings. The van der Waals surface area contributed by atoms with E-state index in [0.29, 0.717) is 0 Å². The van der Waals surface area contributed by atoms with E-state index in [9.17, 15) is 0 Å². The van der Waals surface area contributed by atoms with Crippen LogP contribution in [0.25, 0.3) is 5.57 Å². The highest BCUT2D eigenvalue weighted by molar-refractivity contribution is 7.80. The van der Waals surface area contributed by atoms with E-state index in [-0.39, 0.29) is 0 Å². The molecule has 0 atom stereocenters. The fourth-order valence-corrected chi connectivity index (χ4v) is 2.74. The van der Waals surface area contributed by atoms with Gasteiger partial charge in [0.1, 0.15) is 0 Å². The molecule has 0 spiro atoms. The Morgan fingerprint density at radius 1 is 0.947 bits per heavy atom. The molecule has 0 saturated carbocycles. The standard InChI is InChI=1S/C18H16S/c19-16-11-12-18-15(13-16)9-5-2-6-10-17(18)14-7-3-1-4-8-14/h1-4,6-8,10-13,19H,5,9H2/b6-2-,17-10-. The number of hydrogen-bond donors (Lipinski definition) is 1. The molecule has 19 heavy (non-hydrogen) atoms. The second-order valence-electron chi connectivity index (χ2n) is 4.75. The van der Waals surface area contributed by atoms with Crippen LogP contribution in [-0.4, -0.2) is 0 Å². The summed E-state index contributed by atoms with van der Waals surface area (Å²) in [5.41, 5.74) is 5.27. The predicted octanol–water partition coefficient (Wildman–Crippen LogP) is 4.91. The molecular formula is C18H16S. The van der Waals surface area contributed by atoms with Crippen LogP contribution in [0.3, 0.4) is 0 Å². The van der Waals surface area contributed by atoms with Crippen molar-refractivity contribution in [2.75, 3.05) is 0 Å². The van der Waals surface area contributed by atoms with Gasteiger partial charge in [-0.25, -0.2) is 0 Å². The molecule has 0 bridgehead atoms. The van der Waals surface area contributed by atoms with Crippen molar-refractivity contribution in [1.29, 1.82) is 0 Å². The van der Waals surface area contributed by atoms with Gasteiger partial charge in [-0.1, -0.05) is 54.6 Å². The topological polar surface area (TPSA) is 0 Å². The number of rotatable bonds is 1. The van der Waals surface area contributed by atoms with Crippen LogP contribution in [0, 0.1) is 0 Å². The molecular weight excluding hydrogens is 248 g/mol. The Kier molecular flexibility index (Phi) is 3.56. The third kappa shape index (κ3) is 2.66. The number of aryl methyl sites for hydroxylation is 1. The first-order chi connectivity index (χ1) is 9.34. The zero-order chi connectivity index (χ0) is 13.1. The Morgan fingerprint density at radius 3 is 2.63 bits per heavy atom. The van der Waals surface area contributed by atoms with Crippen molar-refractivity contribution in [3.8, 4) is 0 Å². The second-order valence-corrected chi connectivity index (χ2v) is 5.27. The van der Waals surface area contributed by atoms with Gasteiger partial charge in [0.15, 0.2) is 0 Å². The second kappa shape index (κ2) is 5.50. The molecule has 94 valence electrons. The zero-order valence-electron chi connectivity index (χ0n) is 10.7. The zero-order valence-corrected chi connectivity index (χ0v) is 11.6. The maximum atomic E-state index is 4.46. The van der Waals surface area contributed by atoms with E-state index >= 15 is 0 Å². The van der Waals surface area contributed by atoms with E-state index in [0.717, 1.165) is 17.7 Å². The minimum atomic E-state index is 1.04. The Balaban J connectivity index is 2.18. The molecule has 1 aliphatic carbocycles. The van der Waals surface area contributed by atoms with E-state index in [1.54, 1.807) is 0 Å². The van der Waals surface area contributed by atoms with Crippen molar-refractivity contribution >= 4 is 18.2 Å². The van der Waals surface area contributed by atoms with Crippen LogP contribution in [0.1, 0.15) is 23.1 Å². The van der Waals surface area contributed by atoms with Crippen molar-refractivity contribution in [3.63, 3.8) is 0 Å². The van der Waals surface area contributed by atoms with Crippen LogP contribution in [0.5, 0.6) is 0 Å². The highest BCUT2D eigenvalue weighted by atomic mass is 32.1. The van der Waals surface area contributed by atoms with Crippen LogP contribution in [0.4, 0.5) is 0 Å². The molecule has 2 aromatic carbocycles. The smallest absolute Gasteiger partial charge is 0.00431 e. The van der Waals surface area contributed by atoms with Gasteiger partial charge in [-0.15, -0.1) is 12.6 Å². The SMILES string of the molecule is Sc1ccc2c(c1)CC/C=C\C=C/2c1ccccc1. The summed E-state index contributed by atoms with van der Waals surface area (Å²) >= 11 is 4.46. The molecule has 2 aromatic rings. The lowest BCUT2D eigenvalue weighted by Crippen LogP contribution is -1.97. The molecule has 0 N–H and O–H groups in total. The largest absolute Gasteiger partial charge is 0.143 e. The molecule has 0 radical (unpaired) electrons. The molecule has 0 aromatic heterocycles. The number of allylic oxidation sites excluding steroid dienone is 3. The van der Waals surface area contributed by atoms with Crippen molar-refractivity contribution in [1.82, 2.24) is 0 Å². The molecule has 0 aliphatic heterocycles. The molecule has 0 saturated heterocycles. The van der Waals surface area contributed by atoms with Crippen molar-refractivity contribution in [2.24, 2.45) is 0 Å². The Labute approximate surface area is 119 Å². The van der Waals surface area contributed by atoms with Gasteiger partial charge >= 0.3 is 0 Å².